The molecule has 0 atom stereocenters. The SMILES string of the molecule is C=N/C(=N\CCC(F)(F)F)c1ccc(CCN(C(=C)C)C(C)C)cc1. The molecule has 138 valence electrons. The molecule has 0 amide bonds. The van der Waals surface area contributed by atoms with Crippen molar-refractivity contribution in [1.29, 1.82) is 0 Å². The van der Waals surface area contributed by atoms with E-state index in [0.717, 1.165) is 24.2 Å². The van der Waals surface area contributed by atoms with Gasteiger partial charge in [-0.3, -0.25) is 4.99 Å². The zero-order chi connectivity index (χ0) is 19.0. The van der Waals surface area contributed by atoms with E-state index in [1.165, 1.54) is 0 Å². The molecular formula is C19H26F3N3. The fraction of sp³-hybridized carbons (Fsp3) is 0.474. The fourth-order valence-electron chi connectivity index (χ4n) is 2.48. The van der Waals surface area contributed by atoms with Crippen LogP contribution in [-0.2, 0) is 6.42 Å². The van der Waals surface area contributed by atoms with E-state index < -0.39 is 12.6 Å². The van der Waals surface area contributed by atoms with E-state index >= 15 is 0 Å². The summed E-state index contributed by atoms with van der Waals surface area (Å²) < 4.78 is 36.6. The molecule has 0 radical (unpaired) electrons. The minimum atomic E-state index is -4.22. The largest absolute Gasteiger partial charge is 0.390 e. The Morgan fingerprint density at radius 2 is 1.80 bits per heavy atom. The molecule has 0 aliphatic carbocycles. The number of allylic oxidation sites excluding steroid dienone is 1. The molecule has 1 aromatic rings. The maximum absolute atomic E-state index is 12.2. The Morgan fingerprint density at radius 3 is 2.24 bits per heavy atom. The van der Waals surface area contributed by atoms with Gasteiger partial charge >= 0.3 is 6.18 Å². The van der Waals surface area contributed by atoms with Crippen LogP contribution in [0.2, 0.25) is 0 Å². The molecule has 1 rings (SSSR count). The Labute approximate surface area is 148 Å². The van der Waals surface area contributed by atoms with Crippen LogP contribution in [-0.4, -0.2) is 42.8 Å². The number of halogens is 3. The van der Waals surface area contributed by atoms with Gasteiger partial charge in [0.25, 0.3) is 0 Å². The van der Waals surface area contributed by atoms with Crippen molar-refractivity contribution in [3.05, 3.63) is 47.7 Å². The van der Waals surface area contributed by atoms with Crippen molar-refractivity contribution in [2.24, 2.45) is 9.98 Å². The van der Waals surface area contributed by atoms with Gasteiger partial charge in [0.2, 0.25) is 0 Å². The average molecular weight is 353 g/mol. The van der Waals surface area contributed by atoms with Crippen molar-refractivity contribution in [2.75, 3.05) is 13.1 Å². The van der Waals surface area contributed by atoms with Crippen LogP contribution in [0.4, 0.5) is 13.2 Å². The molecule has 3 nitrogen and oxygen atoms in total. The van der Waals surface area contributed by atoms with Crippen molar-refractivity contribution in [3.8, 4) is 0 Å². The van der Waals surface area contributed by atoms with Crippen molar-refractivity contribution < 1.29 is 13.2 Å². The van der Waals surface area contributed by atoms with Gasteiger partial charge in [0.05, 0.1) is 6.42 Å². The predicted molar refractivity (Wildman–Crippen MR) is 98.4 cm³/mol. The van der Waals surface area contributed by atoms with Crippen LogP contribution in [0.3, 0.4) is 0 Å². The van der Waals surface area contributed by atoms with Gasteiger partial charge in [-0.2, -0.15) is 13.2 Å². The van der Waals surface area contributed by atoms with Crippen LogP contribution in [0.5, 0.6) is 0 Å². The summed E-state index contributed by atoms with van der Waals surface area (Å²) in [6.45, 7) is 14.1. The van der Waals surface area contributed by atoms with E-state index in [4.69, 9.17) is 0 Å². The van der Waals surface area contributed by atoms with Crippen LogP contribution < -0.4 is 0 Å². The first-order valence-corrected chi connectivity index (χ1v) is 8.23. The predicted octanol–water partition coefficient (Wildman–Crippen LogP) is 4.87. The highest BCUT2D eigenvalue weighted by Gasteiger charge is 2.26. The van der Waals surface area contributed by atoms with E-state index in [2.05, 4.69) is 42.0 Å². The van der Waals surface area contributed by atoms with Gasteiger partial charge in [0.15, 0.2) is 5.84 Å². The first-order valence-electron chi connectivity index (χ1n) is 8.23. The number of benzene rings is 1. The smallest absolute Gasteiger partial charge is 0.373 e. The Hall–Kier alpha value is -2.11. The molecule has 0 heterocycles. The van der Waals surface area contributed by atoms with Crippen LogP contribution >= 0.6 is 0 Å². The second-order valence-electron chi connectivity index (χ2n) is 6.20. The van der Waals surface area contributed by atoms with Gasteiger partial charge in [0, 0.05) is 30.4 Å². The highest BCUT2D eigenvalue weighted by molar-refractivity contribution is 6.01. The molecule has 6 heteroatoms. The maximum atomic E-state index is 12.2. The first-order chi connectivity index (χ1) is 11.6. The van der Waals surface area contributed by atoms with Crippen molar-refractivity contribution in [2.45, 2.75) is 45.8 Å². The van der Waals surface area contributed by atoms with Gasteiger partial charge in [-0.15, -0.1) is 0 Å². The third-order valence-electron chi connectivity index (χ3n) is 3.77. The van der Waals surface area contributed by atoms with E-state index in [1.807, 2.05) is 31.2 Å². The fourth-order valence-corrected chi connectivity index (χ4v) is 2.48. The zero-order valence-corrected chi connectivity index (χ0v) is 15.1. The van der Waals surface area contributed by atoms with E-state index in [0.29, 0.717) is 11.6 Å². The molecule has 0 unspecified atom stereocenters. The van der Waals surface area contributed by atoms with Gasteiger partial charge in [-0.25, -0.2) is 4.99 Å². The lowest BCUT2D eigenvalue weighted by atomic mass is 10.1. The summed E-state index contributed by atoms with van der Waals surface area (Å²) in [7, 11) is 0. The lowest BCUT2D eigenvalue weighted by molar-refractivity contribution is -0.132. The van der Waals surface area contributed by atoms with Crippen molar-refractivity contribution in [1.82, 2.24) is 4.90 Å². The van der Waals surface area contributed by atoms with E-state index in [-0.39, 0.29) is 12.4 Å². The second-order valence-corrected chi connectivity index (χ2v) is 6.20. The zero-order valence-electron chi connectivity index (χ0n) is 15.1. The summed E-state index contributed by atoms with van der Waals surface area (Å²) in [4.78, 5) is 9.86. The summed E-state index contributed by atoms with van der Waals surface area (Å²) in [5.41, 5.74) is 2.83. The molecule has 0 fully saturated rings. The lowest BCUT2D eigenvalue weighted by Gasteiger charge is -2.29. The number of hydrogen-bond donors (Lipinski definition) is 0. The number of nitrogens with zero attached hydrogens (tertiary/aromatic N) is 3. The van der Waals surface area contributed by atoms with Crippen molar-refractivity contribution in [3.63, 3.8) is 0 Å². The van der Waals surface area contributed by atoms with Crippen LogP contribution in [0.15, 0.2) is 46.5 Å². The van der Waals surface area contributed by atoms with Gasteiger partial charge in [0.1, 0.15) is 0 Å². The summed E-state index contributed by atoms with van der Waals surface area (Å²) in [5.74, 6) is 0.238. The molecule has 0 aliphatic rings. The standard InChI is InChI=1S/C19H26F3N3/c1-14(2)25(15(3)4)13-10-16-6-8-17(9-7-16)18(23-5)24-12-11-19(20,21)22/h6-9,15H,1,5,10-13H2,2-4H3/b24-18-. The van der Waals surface area contributed by atoms with Gasteiger partial charge in [-0.1, -0.05) is 30.8 Å². The molecule has 0 saturated heterocycles. The number of amidine groups is 1. The highest BCUT2D eigenvalue weighted by atomic mass is 19.4. The normalized spacial score (nSPS) is 12.4. The lowest BCUT2D eigenvalue weighted by Crippen LogP contribution is -2.30. The topological polar surface area (TPSA) is 28.0 Å². The minimum absolute atomic E-state index is 0.238. The van der Waals surface area contributed by atoms with E-state index in [9.17, 15) is 13.2 Å². The molecule has 0 N–H and O–H groups in total. The number of hydrogen-bond acceptors (Lipinski definition) is 2. The minimum Gasteiger partial charge on any atom is -0.373 e. The first kappa shape index (κ1) is 20.9. The van der Waals surface area contributed by atoms with Gasteiger partial charge in [-0.05, 0) is 39.5 Å². The quantitative estimate of drug-likeness (QED) is 0.484. The molecule has 0 bridgehead atoms. The Balaban J connectivity index is 2.72. The van der Waals surface area contributed by atoms with Crippen LogP contribution in [0.1, 0.15) is 38.3 Å². The molecular weight excluding hydrogens is 327 g/mol. The third-order valence-corrected chi connectivity index (χ3v) is 3.77. The number of aliphatic imine (C=N–C) groups is 2. The summed E-state index contributed by atoms with van der Waals surface area (Å²) >= 11 is 0. The number of rotatable bonds is 8. The molecule has 25 heavy (non-hydrogen) atoms. The Bertz CT molecular complexity index is 601. The third kappa shape index (κ3) is 7.54. The van der Waals surface area contributed by atoms with Gasteiger partial charge < -0.3 is 4.90 Å². The maximum Gasteiger partial charge on any atom is 0.390 e. The van der Waals surface area contributed by atoms with Crippen LogP contribution in [0, 0.1) is 0 Å². The summed E-state index contributed by atoms with van der Waals surface area (Å²) in [5, 5.41) is 0. The average Bonchev–Trinajstić information content (AvgIpc) is 2.51. The monoisotopic (exact) mass is 353 g/mol. The molecule has 0 aliphatic heterocycles. The molecule has 1 aromatic carbocycles. The molecule has 0 aromatic heterocycles. The summed E-state index contributed by atoms with van der Waals surface area (Å²) in [6, 6.07) is 7.90. The number of alkyl halides is 3. The Kier molecular flexibility index (Phi) is 7.87. The van der Waals surface area contributed by atoms with Crippen LogP contribution in [0.25, 0.3) is 0 Å². The Morgan fingerprint density at radius 1 is 1.20 bits per heavy atom. The molecule has 0 spiro atoms. The van der Waals surface area contributed by atoms with E-state index in [1.54, 1.807) is 0 Å². The van der Waals surface area contributed by atoms with Crippen molar-refractivity contribution >= 4 is 12.6 Å². The molecule has 0 saturated carbocycles. The second kappa shape index (κ2) is 9.39. The highest BCUT2D eigenvalue weighted by Crippen LogP contribution is 2.19. The summed E-state index contributed by atoms with van der Waals surface area (Å²) in [6.07, 6.45) is -4.32.